The fourth-order valence-corrected chi connectivity index (χ4v) is 2.64. The van der Waals surface area contributed by atoms with E-state index >= 15 is 0 Å². The molecule has 0 aliphatic carbocycles. The van der Waals surface area contributed by atoms with Crippen LogP contribution in [0.4, 0.5) is 0 Å². The number of hydrogen-bond acceptors (Lipinski definition) is 4. The van der Waals surface area contributed by atoms with E-state index in [4.69, 9.17) is 0 Å². The van der Waals surface area contributed by atoms with E-state index in [9.17, 15) is 13.2 Å². The van der Waals surface area contributed by atoms with Crippen molar-refractivity contribution in [1.82, 2.24) is 4.31 Å². The summed E-state index contributed by atoms with van der Waals surface area (Å²) in [5, 5.41) is 0. The number of methoxy groups -OCH3 is 1. The molecular weight excluding hydrogens is 218 g/mol. The first kappa shape index (κ1) is 12.4. The topological polar surface area (TPSA) is 63.7 Å². The monoisotopic (exact) mass is 235 g/mol. The zero-order valence-electron chi connectivity index (χ0n) is 9.10. The van der Waals surface area contributed by atoms with Crippen molar-refractivity contribution in [1.29, 1.82) is 0 Å². The van der Waals surface area contributed by atoms with Gasteiger partial charge in [-0.15, -0.1) is 0 Å². The van der Waals surface area contributed by atoms with Gasteiger partial charge in [-0.05, 0) is 18.8 Å². The Bertz CT molecular complexity index is 317. The third kappa shape index (κ3) is 3.79. The largest absolute Gasteiger partial charge is 0.469 e. The predicted molar refractivity (Wildman–Crippen MR) is 55.8 cm³/mol. The molecule has 0 unspecified atom stereocenters. The lowest BCUT2D eigenvalue weighted by atomic mass is 9.95. The van der Waals surface area contributed by atoms with Crippen molar-refractivity contribution in [2.75, 3.05) is 26.5 Å². The fourth-order valence-electron chi connectivity index (χ4n) is 1.76. The summed E-state index contributed by atoms with van der Waals surface area (Å²) in [6.07, 6.45) is 3.09. The minimum absolute atomic E-state index is 0.215. The molecule has 0 N–H and O–H groups in total. The predicted octanol–water partition coefficient (Wildman–Crippen LogP) is 0.221. The molecular formula is C9H17NO4S. The molecule has 0 atom stereocenters. The summed E-state index contributed by atoms with van der Waals surface area (Å²) in [5.74, 6) is 0.0447. The van der Waals surface area contributed by atoms with Gasteiger partial charge in [0, 0.05) is 19.5 Å². The maximum absolute atomic E-state index is 11.2. The maximum atomic E-state index is 11.2. The smallest absolute Gasteiger partial charge is 0.305 e. The van der Waals surface area contributed by atoms with E-state index in [1.807, 2.05) is 0 Å². The Morgan fingerprint density at radius 1 is 1.40 bits per heavy atom. The highest BCUT2D eigenvalue weighted by Crippen LogP contribution is 2.22. The number of piperidine rings is 1. The molecule has 0 aromatic carbocycles. The highest BCUT2D eigenvalue weighted by Gasteiger charge is 2.26. The number of carbonyl (C=O) groups excluding carboxylic acids is 1. The van der Waals surface area contributed by atoms with Crippen LogP contribution in [0.15, 0.2) is 0 Å². The summed E-state index contributed by atoms with van der Waals surface area (Å²) < 4.78 is 28.4. The van der Waals surface area contributed by atoms with Crippen LogP contribution < -0.4 is 0 Å². The number of nitrogens with zero attached hydrogens (tertiary/aromatic N) is 1. The summed E-state index contributed by atoms with van der Waals surface area (Å²) in [5.41, 5.74) is 0. The highest BCUT2D eigenvalue weighted by atomic mass is 32.2. The summed E-state index contributed by atoms with van der Waals surface area (Å²) >= 11 is 0. The van der Waals surface area contributed by atoms with Gasteiger partial charge in [-0.25, -0.2) is 12.7 Å². The number of carbonyl (C=O) groups is 1. The van der Waals surface area contributed by atoms with Crippen molar-refractivity contribution in [2.24, 2.45) is 5.92 Å². The van der Waals surface area contributed by atoms with Gasteiger partial charge in [-0.2, -0.15) is 0 Å². The van der Waals surface area contributed by atoms with Gasteiger partial charge in [0.25, 0.3) is 0 Å². The lowest BCUT2D eigenvalue weighted by Crippen LogP contribution is -2.38. The lowest BCUT2D eigenvalue weighted by molar-refractivity contribution is -0.142. The van der Waals surface area contributed by atoms with E-state index < -0.39 is 10.0 Å². The van der Waals surface area contributed by atoms with Crippen molar-refractivity contribution < 1.29 is 17.9 Å². The van der Waals surface area contributed by atoms with Crippen LogP contribution >= 0.6 is 0 Å². The number of hydrogen-bond donors (Lipinski definition) is 0. The Hall–Kier alpha value is -0.620. The van der Waals surface area contributed by atoms with E-state index in [1.165, 1.54) is 17.7 Å². The van der Waals surface area contributed by atoms with Gasteiger partial charge in [-0.1, -0.05) is 0 Å². The first-order valence-electron chi connectivity index (χ1n) is 4.95. The molecule has 1 heterocycles. The van der Waals surface area contributed by atoms with Gasteiger partial charge in [0.1, 0.15) is 0 Å². The minimum Gasteiger partial charge on any atom is -0.469 e. The Balaban J connectivity index is 2.40. The van der Waals surface area contributed by atoms with Gasteiger partial charge < -0.3 is 4.74 Å². The van der Waals surface area contributed by atoms with Crippen LogP contribution in [0.1, 0.15) is 19.3 Å². The van der Waals surface area contributed by atoms with Crippen molar-refractivity contribution in [3.8, 4) is 0 Å². The number of ether oxygens (including phenoxy) is 1. The van der Waals surface area contributed by atoms with Crippen LogP contribution in [0.25, 0.3) is 0 Å². The van der Waals surface area contributed by atoms with E-state index in [2.05, 4.69) is 4.74 Å². The first-order chi connectivity index (χ1) is 6.93. The Kier molecular flexibility index (Phi) is 4.10. The number of sulfonamides is 1. The highest BCUT2D eigenvalue weighted by molar-refractivity contribution is 7.88. The Labute approximate surface area is 90.4 Å². The number of esters is 1. The van der Waals surface area contributed by atoms with E-state index in [1.54, 1.807) is 0 Å². The zero-order valence-corrected chi connectivity index (χ0v) is 9.92. The number of rotatable bonds is 3. The molecule has 15 heavy (non-hydrogen) atoms. The SMILES string of the molecule is COC(=O)CC1CCN(S(C)(=O)=O)CC1. The molecule has 0 bridgehead atoms. The van der Waals surface area contributed by atoms with Crippen LogP contribution in [-0.4, -0.2) is 45.1 Å². The molecule has 6 heteroatoms. The first-order valence-corrected chi connectivity index (χ1v) is 6.80. The van der Waals surface area contributed by atoms with Crippen LogP contribution in [0, 0.1) is 5.92 Å². The average molecular weight is 235 g/mol. The van der Waals surface area contributed by atoms with E-state index in [0.717, 1.165) is 12.8 Å². The summed E-state index contributed by atoms with van der Waals surface area (Å²) in [7, 11) is -1.70. The normalized spacial score (nSPS) is 20.1. The van der Waals surface area contributed by atoms with Crippen molar-refractivity contribution in [3.63, 3.8) is 0 Å². The quantitative estimate of drug-likeness (QED) is 0.656. The molecule has 1 rings (SSSR count). The molecule has 0 aromatic rings. The second kappa shape index (κ2) is 4.94. The van der Waals surface area contributed by atoms with Crippen LogP contribution in [-0.2, 0) is 19.6 Å². The van der Waals surface area contributed by atoms with Crippen molar-refractivity contribution in [2.45, 2.75) is 19.3 Å². The fraction of sp³-hybridized carbons (Fsp3) is 0.889. The Morgan fingerprint density at radius 3 is 2.33 bits per heavy atom. The van der Waals surface area contributed by atoms with Crippen LogP contribution in [0.2, 0.25) is 0 Å². The van der Waals surface area contributed by atoms with Gasteiger partial charge in [0.2, 0.25) is 10.0 Å². The molecule has 0 saturated carbocycles. The summed E-state index contributed by atoms with van der Waals surface area (Å²) in [6, 6.07) is 0. The molecule has 0 aromatic heterocycles. The molecule has 5 nitrogen and oxygen atoms in total. The molecule has 1 fully saturated rings. The van der Waals surface area contributed by atoms with Gasteiger partial charge in [0.15, 0.2) is 0 Å². The second-order valence-corrected chi connectivity index (χ2v) is 5.87. The van der Waals surface area contributed by atoms with Gasteiger partial charge in [0.05, 0.1) is 13.4 Å². The molecule has 0 radical (unpaired) electrons. The minimum atomic E-state index is -3.07. The molecule has 1 aliphatic rings. The van der Waals surface area contributed by atoms with E-state index in [-0.39, 0.29) is 11.9 Å². The van der Waals surface area contributed by atoms with Crippen LogP contribution in [0.3, 0.4) is 0 Å². The second-order valence-electron chi connectivity index (χ2n) is 3.89. The molecule has 0 spiro atoms. The van der Waals surface area contributed by atoms with Crippen molar-refractivity contribution in [3.05, 3.63) is 0 Å². The Morgan fingerprint density at radius 2 is 1.93 bits per heavy atom. The van der Waals surface area contributed by atoms with Gasteiger partial charge in [-0.3, -0.25) is 4.79 Å². The van der Waals surface area contributed by atoms with Crippen LogP contribution in [0.5, 0.6) is 0 Å². The average Bonchev–Trinajstić information content (AvgIpc) is 2.17. The summed E-state index contributed by atoms with van der Waals surface area (Å²) in [4.78, 5) is 11.0. The van der Waals surface area contributed by atoms with Gasteiger partial charge >= 0.3 is 5.97 Å². The molecule has 1 aliphatic heterocycles. The molecule has 1 saturated heterocycles. The summed E-state index contributed by atoms with van der Waals surface area (Å²) in [6.45, 7) is 1.03. The molecule has 0 amide bonds. The third-order valence-corrected chi connectivity index (χ3v) is 4.03. The van der Waals surface area contributed by atoms with Crippen molar-refractivity contribution >= 4 is 16.0 Å². The van der Waals surface area contributed by atoms with E-state index in [0.29, 0.717) is 19.5 Å². The maximum Gasteiger partial charge on any atom is 0.305 e. The standard InChI is InChI=1S/C9H17NO4S/c1-14-9(11)7-8-3-5-10(6-4-8)15(2,12)13/h8H,3-7H2,1-2H3. The lowest BCUT2D eigenvalue weighted by Gasteiger charge is -2.29. The third-order valence-electron chi connectivity index (χ3n) is 2.73. The zero-order chi connectivity index (χ0) is 11.5. The molecule has 88 valence electrons.